The number of nitrogens with one attached hydrogen (secondary N) is 1. The Bertz CT molecular complexity index is 702. The highest BCUT2D eigenvalue weighted by molar-refractivity contribution is 5.47. The van der Waals surface area contributed by atoms with Gasteiger partial charge in [0.05, 0.1) is 5.56 Å². The quantitative estimate of drug-likeness (QED) is 0.640. The van der Waals surface area contributed by atoms with Crippen LogP contribution in [0.4, 0.5) is 36.4 Å². The van der Waals surface area contributed by atoms with Crippen molar-refractivity contribution in [2.45, 2.75) is 19.1 Å². The SMILES string of the molecule is CC(Nc1c(F)c(F)nc(F)c1F)c1cccc(C(F)(F)F)c1. The molecule has 1 N–H and O–H groups in total. The summed E-state index contributed by atoms with van der Waals surface area (Å²) in [4.78, 5) is 2.39. The van der Waals surface area contributed by atoms with E-state index in [0.717, 1.165) is 18.2 Å². The molecule has 2 nitrogen and oxygen atoms in total. The number of rotatable bonds is 3. The molecule has 1 heterocycles. The average molecular weight is 338 g/mol. The second-order valence-electron chi connectivity index (χ2n) is 4.69. The molecule has 0 bridgehead atoms. The highest BCUT2D eigenvalue weighted by atomic mass is 19.4. The molecule has 0 aliphatic rings. The minimum absolute atomic E-state index is 0.0243. The molecule has 0 spiro atoms. The summed E-state index contributed by atoms with van der Waals surface area (Å²) in [5.74, 6) is -7.24. The van der Waals surface area contributed by atoms with Gasteiger partial charge in [-0.05, 0) is 24.6 Å². The third kappa shape index (κ3) is 3.54. The van der Waals surface area contributed by atoms with Crippen molar-refractivity contribution in [3.63, 3.8) is 0 Å². The molecule has 0 fully saturated rings. The summed E-state index contributed by atoms with van der Waals surface area (Å²) in [5, 5.41) is 2.12. The number of pyridine rings is 1. The number of benzene rings is 1. The lowest BCUT2D eigenvalue weighted by Crippen LogP contribution is -2.14. The van der Waals surface area contributed by atoms with Crippen LogP contribution in [0.15, 0.2) is 24.3 Å². The number of anilines is 1. The fourth-order valence-electron chi connectivity index (χ4n) is 1.90. The van der Waals surface area contributed by atoms with Crippen molar-refractivity contribution in [3.05, 3.63) is 58.9 Å². The molecule has 0 radical (unpaired) electrons. The monoisotopic (exact) mass is 338 g/mol. The van der Waals surface area contributed by atoms with Crippen LogP contribution in [0.3, 0.4) is 0 Å². The van der Waals surface area contributed by atoms with E-state index in [-0.39, 0.29) is 5.56 Å². The molecule has 1 unspecified atom stereocenters. The first kappa shape index (κ1) is 17.0. The number of nitrogens with zero attached hydrogens (tertiary/aromatic N) is 1. The Morgan fingerprint density at radius 2 is 1.57 bits per heavy atom. The van der Waals surface area contributed by atoms with Crippen LogP contribution >= 0.6 is 0 Å². The van der Waals surface area contributed by atoms with Gasteiger partial charge in [-0.1, -0.05) is 12.1 Å². The van der Waals surface area contributed by atoms with E-state index in [1.165, 1.54) is 13.0 Å². The molecular weight excluding hydrogens is 329 g/mol. The molecule has 1 aromatic carbocycles. The van der Waals surface area contributed by atoms with Crippen molar-refractivity contribution in [2.24, 2.45) is 0 Å². The van der Waals surface area contributed by atoms with Gasteiger partial charge in [0, 0.05) is 6.04 Å². The Balaban J connectivity index is 2.35. The van der Waals surface area contributed by atoms with Crippen LogP contribution in [0.5, 0.6) is 0 Å². The van der Waals surface area contributed by atoms with Gasteiger partial charge < -0.3 is 5.32 Å². The van der Waals surface area contributed by atoms with Gasteiger partial charge in [0.1, 0.15) is 5.69 Å². The van der Waals surface area contributed by atoms with E-state index in [4.69, 9.17) is 0 Å². The van der Waals surface area contributed by atoms with E-state index in [2.05, 4.69) is 10.3 Å². The van der Waals surface area contributed by atoms with Crippen LogP contribution in [0.1, 0.15) is 24.1 Å². The second kappa shape index (κ2) is 6.05. The molecule has 9 heteroatoms. The largest absolute Gasteiger partial charge is 0.416 e. The van der Waals surface area contributed by atoms with Gasteiger partial charge in [-0.3, -0.25) is 0 Å². The van der Waals surface area contributed by atoms with E-state index in [0.29, 0.717) is 0 Å². The molecular formula is C14H9F7N2. The lowest BCUT2D eigenvalue weighted by molar-refractivity contribution is -0.137. The van der Waals surface area contributed by atoms with Crippen molar-refractivity contribution in [1.29, 1.82) is 0 Å². The Hall–Kier alpha value is -2.32. The summed E-state index contributed by atoms with van der Waals surface area (Å²) < 4.78 is 91.0. The number of hydrogen-bond donors (Lipinski definition) is 1. The zero-order chi connectivity index (χ0) is 17.4. The normalized spacial score (nSPS) is 13.0. The third-order valence-corrected chi connectivity index (χ3v) is 3.07. The molecule has 1 atom stereocenters. The van der Waals surface area contributed by atoms with Crippen LogP contribution in [0.2, 0.25) is 0 Å². The maximum Gasteiger partial charge on any atom is 0.416 e. The molecule has 0 amide bonds. The van der Waals surface area contributed by atoms with Gasteiger partial charge in [-0.25, -0.2) is 0 Å². The van der Waals surface area contributed by atoms with Gasteiger partial charge in [0.15, 0.2) is 0 Å². The Morgan fingerprint density at radius 1 is 1.00 bits per heavy atom. The maximum atomic E-state index is 13.5. The van der Waals surface area contributed by atoms with E-state index >= 15 is 0 Å². The van der Waals surface area contributed by atoms with E-state index < -0.39 is 47.0 Å². The number of hydrogen-bond acceptors (Lipinski definition) is 2. The molecule has 1 aromatic heterocycles. The van der Waals surface area contributed by atoms with Crippen LogP contribution in [-0.2, 0) is 6.18 Å². The smallest absolute Gasteiger partial charge is 0.373 e. The first-order valence-corrected chi connectivity index (χ1v) is 6.25. The zero-order valence-corrected chi connectivity index (χ0v) is 11.5. The summed E-state index contributed by atoms with van der Waals surface area (Å²) in [6.45, 7) is 1.28. The summed E-state index contributed by atoms with van der Waals surface area (Å²) in [6, 6.07) is 2.92. The molecule has 0 aliphatic heterocycles. The minimum atomic E-state index is -4.60. The lowest BCUT2D eigenvalue weighted by atomic mass is 10.0. The summed E-state index contributed by atoms with van der Waals surface area (Å²) >= 11 is 0. The fourth-order valence-corrected chi connectivity index (χ4v) is 1.90. The summed E-state index contributed by atoms with van der Waals surface area (Å²) in [6.07, 6.45) is -4.60. The highest BCUT2D eigenvalue weighted by Gasteiger charge is 2.31. The van der Waals surface area contributed by atoms with Crippen LogP contribution in [0.25, 0.3) is 0 Å². The van der Waals surface area contributed by atoms with Crippen molar-refractivity contribution < 1.29 is 30.7 Å². The van der Waals surface area contributed by atoms with Gasteiger partial charge in [-0.15, -0.1) is 0 Å². The first-order valence-electron chi connectivity index (χ1n) is 6.25. The molecule has 0 saturated heterocycles. The van der Waals surface area contributed by atoms with E-state index in [1.807, 2.05) is 0 Å². The number of halogens is 7. The zero-order valence-electron chi connectivity index (χ0n) is 11.5. The lowest BCUT2D eigenvalue weighted by Gasteiger charge is -2.18. The first-order chi connectivity index (χ1) is 10.6. The van der Waals surface area contributed by atoms with Crippen LogP contribution < -0.4 is 5.32 Å². The summed E-state index contributed by atoms with van der Waals surface area (Å²) in [5.41, 5.74) is -2.08. The fraction of sp³-hybridized carbons (Fsp3) is 0.214. The average Bonchev–Trinajstić information content (AvgIpc) is 2.48. The van der Waals surface area contributed by atoms with Crippen molar-refractivity contribution in [2.75, 3.05) is 5.32 Å². The van der Waals surface area contributed by atoms with Gasteiger partial charge in [0.2, 0.25) is 11.6 Å². The van der Waals surface area contributed by atoms with Crippen molar-refractivity contribution in [3.8, 4) is 0 Å². The summed E-state index contributed by atoms with van der Waals surface area (Å²) in [7, 11) is 0. The number of alkyl halides is 3. The predicted octanol–water partition coefficient (Wildman–Crippen LogP) is 4.83. The van der Waals surface area contributed by atoms with Crippen molar-refractivity contribution >= 4 is 5.69 Å². The standard InChI is InChI=1S/C14H9F7N2/c1-6(7-3-2-4-8(5-7)14(19,20)21)22-11-9(15)12(17)23-13(18)10(11)16/h2-6H,1H3,(H,22,23). The Labute approximate surface area is 126 Å². The molecule has 0 aliphatic carbocycles. The van der Waals surface area contributed by atoms with Gasteiger partial charge in [-0.2, -0.15) is 35.7 Å². The maximum absolute atomic E-state index is 13.5. The van der Waals surface area contributed by atoms with E-state index in [1.54, 1.807) is 0 Å². The third-order valence-electron chi connectivity index (χ3n) is 3.07. The molecule has 2 aromatic rings. The minimum Gasteiger partial charge on any atom is -0.373 e. The van der Waals surface area contributed by atoms with Crippen LogP contribution in [0, 0.1) is 23.5 Å². The molecule has 0 saturated carbocycles. The Kier molecular flexibility index (Phi) is 4.49. The van der Waals surface area contributed by atoms with E-state index in [9.17, 15) is 30.7 Å². The Morgan fingerprint density at radius 3 is 2.09 bits per heavy atom. The molecule has 2 rings (SSSR count). The second-order valence-corrected chi connectivity index (χ2v) is 4.69. The molecule has 23 heavy (non-hydrogen) atoms. The van der Waals surface area contributed by atoms with Crippen molar-refractivity contribution in [1.82, 2.24) is 4.98 Å². The molecule has 124 valence electrons. The van der Waals surface area contributed by atoms with Crippen LogP contribution in [-0.4, -0.2) is 4.98 Å². The highest BCUT2D eigenvalue weighted by Crippen LogP contribution is 2.32. The predicted molar refractivity (Wildman–Crippen MR) is 67.6 cm³/mol. The van der Waals surface area contributed by atoms with Gasteiger partial charge in [0.25, 0.3) is 11.9 Å². The number of aromatic nitrogens is 1. The topological polar surface area (TPSA) is 24.9 Å². The van der Waals surface area contributed by atoms with Gasteiger partial charge >= 0.3 is 6.18 Å².